The second-order valence-electron chi connectivity index (χ2n) is 7.77. The fourth-order valence-corrected chi connectivity index (χ4v) is 3.92. The SMILES string of the molecule is CN(C)C[C@](Cc1c[nH]c2ccccc12)(NCc1cc2ccccc2o1)C(=O)O. The average Bonchev–Trinajstić information content (AvgIpc) is 3.29. The largest absolute Gasteiger partial charge is 0.480 e. The molecule has 0 aliphatic rings. The van der Waals surface area contributed by atoms with E-state index in [0.717, 1.165) is 33.2 Å². The van der Waals surface area contributed by atoms with Gasteiger partial charge in [-0.2, -0.15) is 0 Å². The maximum Gasteiger partial charge on any atom is 0.325 e. The number of carboxylic acid groups (broad SMARTS) is 1. The predicted molar refractivity (Wildman–Crippen MR) is 114 cm³/mol. The highest BCUT2D eigenvalue weighted by molar-refractivity contribution is 5.86. The van der Waals surface area contributed by atoms with Gasteiger partial charge in [-0.15, -0.1) is 0 Å². The molecule has 0 unspecified atom stereocenters. The third-order valence-corrected chi connectivity index (χ3v) is 5.24. The summed E-state index contributed by atoms with van der Waals surface area (Å²) in [7, 11) is 3.77. The second-order valence-corrected chi connectivity index (χ2v) is 7.77. The highest BCUT2D eigenvalue weighted by Gasteiger charge is 2.39. The molecule has 3 N–H and O–H groups in total. The Kier molecular flexibility index (Phi) is 5.13. The van der Waals surface area contributed by atoms with Gasteiger partial charge in [0.1, 0.15) is 16.9 Å². The Labute approximate surface area is 169 Å². The van der Waals surface area contributed by atoms with E-state index in [4.69, 9.17) is 4.42 Å². The third kappa shape index (κ3) is 3.90. The molecule has 0 saturated carbocycles. The number of furan rings is 1. The van der Waals surface area contributed by atoms with Crippen LogP contribution in [0.2, 0.25) is 0 Å². The van der Waals surface area contributed by atoms with Gasteiger partial charge in [0.15, 0.2) is 0 Å². The molecular formula is C23H25N3O3. The minimum atomic E-state index is -1.16. The first-order valence-electron chi connectivity index (χ1n) is 9.62. The first-order valence-corrected chi connectivity index (χ1v) is 9.62. The molecule has 0 fully saturated rings. The van der Waals surface area contributed by atoms with Crippen LogP contribution >= 0.6 is 0 Å². The van der Waals surface area contributed by atoms with Gasteiger partial charge in [-0.25, -0.2) is 0 Å². The normalized spacial score (nSPS) is 13.9. The number of rotatable bonds is 8. The molecule has 2 heterocycles. The smallest absolute Gasteiger partial charge is 0.325 e. The molecule has 1 atom stereocenters. The zero-order valence-corrected chi connectivity index (χ0v) is 16.6. The third-order valence-electron chi connectivity index (χ3n) is 5.24. The van der Waals surface area contributed by atoms with Gasteiger partial charge in [0.2, 0.25) is 0 Å². The van der Waals surface area contributed by atoms with Crippen LogP contribution in [-0.4, -0.2) is 47.1 Å². The topological polar surface area (TPSA) is 81.5 Å². The van der Waals surface area contributed by atoms with Crippen LogP contribution in [0, 0.1) is 0 Å². The molecule has 6 nitrogen and oxygen atoms in total. The Hall–Kier alpha value is -3.09. The summed E-state index contributed by atoms with van der Waals surface area (Å²) >= 11 is 0. The van der Waals surface area contributed by atoms with Gasteiger partial charge in [0.05, 0.1) is 6.54 Å². The summed E-state index contributed by atoms with van der Waals surface area (Å²) in [5.41, 5.74) is 1.62. The molecule has 4 rings (SSSR count). The van der Waals surface area contributed by atoms with Gasteiger partial charge in [0, 0.05) is 35.5 Å². The zero-order valence-electron chi connectivity index (χ0n) is 16.6. The van der Waals surface area contributed by atoms with Crippen LogP contribution in [0.4, 0.5) is 0 Å². The quantitative estimate of drug-likeness (QED) is 0.427. The highest BCUT2D eigenvalue weighted by atomic mass is 16.4. The standard InChI is InChI=1S/C23H25N3O3/c1-26(2)15-23(22(27)28,12-17-13-24-20-9-5-4-8-19(17)20)25-14-18-11-16-7-3-6-10-21(16)29-18/h3-11,13,24-25H,12,14-15H2,1-2H3,(H,27,28)/t23-/m0/s1. The molecule has 0 spiro atoms. The van der Waals surface area contributed by atoms with Crippen LogP contribution in [0.25, 0.3) is 21.9 Å². The summed E-state index contributed by atoms with van der Waals surface area (Å²) in [5, 5.41) is 15.6. The lowest BCUT2D eigenvalue weighted by molar-refractivity contribution is -0.145. The maximum atomic E-state index is 12.5. The lowest BCUT2D eigenvalue weighted by atomic mass is 9.89. The Morgan fingerprint density at radius 2 is 1.93 bits per heavy atom. The number of hydrogen-bond acceptors (Lipinski definition) is 4. The van der Waals surface area contributed by atoms with E-state index < -0.39 is 11.5 Å². The van der Waals surface area contributed by atoms with Crippen LogP contribution in [0.15, 0.2) is 65.2 Å². The van der Waals surface area contributed by atoms with Gasteiger partial charge in [-0.1, -0.05) is 36.4 Å². The lowest BCUT2D eigenvalue weighted by Gasteiger charge is -2.33. The van der Waals surface area contributed by atoms with E-state index >= 15 is 0 Å². The molecule has 2 aromatic heterocycles. The number of H-pyrrole nitrogens is 1. The summed E-state index contributed by atoms with van der Waals surface area (Å²) in [6, 6.07) is 17.7. The fraction of sp³-hybridized carbons (Fsp3) is 0.261. The van der Waals surface area contributed by atoms with Crippen LogP contribution in [0.5, 0.6) is 0 Å². The molecule has 150 valence electrons. The number of likely N-dealkylation sites (N-methyl/N-ethyl adjacent to an activating group) is 1. The van der Waals surface area contributed by atoms with Crippen molar-refractivity contribution in [1.82, 2.24) is 15.2 Å². The zero-order chi connectivity index (χ0) is 20.4. The van der Waals surface area contributed by atoms with Crippen LogP contribution in [-0.2, 0) is 17.8 Å². The van der Waals surface area contributed by atoms with Crippen molar-refractivity contribution in [3.63, 3.8) is 0 Å². The number of aromatic nitrogens is 1. The molecule has 0 aliphatic heterocycles. The number of nitrogens with zero attached hydrogens (tertiary/aromatic N) is 1. The van der Waals surface area contributed by atoms with Gasteiger partial charge in [-0.05, 0) is 37.9 Å². The van der Waals surface area contributed by atoms with Crippen molar-refractivity contribution in [3.8, 4) is 0 Å². The number of fused-ring (bicyclic) bond motifs is 2. The maximum absolute atomic E-state index is 12.5. The summed E-state index contributed by atoms with van der Waals surface area (Å²) in [6.07, 6.45) is 2.26. The monoisotopic (exact) mass is 391 g/mol. The Bertz CT molecular complexity index is 1110. The summed E-state index contributed by atoms with van der Waals surface area (Å²) in [5.74, 6) is -0.165. The molecule has 0 saturated heterocycles. The molecule has 2 aromatic carbocycles. The molecule has 29 heavy (non-hydrogen) atoms. The van der Waals surface area contributed by atoms with Crippen LogP contribution < -0.4 is 5.32 Å². The van der Waals surface area contributed by atoms with Crippen molar-refractivity contribution in [2.45, 2.75) is 18.5 Å². The van der Waals surface area contributed by atoms with E-state index in [0.29, 0.717) is 19.5 Å². The van der Waals surface area contributed by atoms with Crippen molar-refractivity contribution >= 4 is 27.8 Å². The fourth-order valence-electron chi connectivity index (χ4n) is 3.92. The number of para-hydroxylation sites is 2. The van der Waals surface area contributed by atoms with Crippen molar-refractivity contribution in [1.29, 1.82) is 0 Å². The van der Waals surface area contributed by atoms with E-state index in [2.05, 4.69) is 10.3 Å². The number of carboxylic acids is 1. The van der Waals surface area contributed by atoms with E-state index in [1.165, 1.54) is 0 Å². The Morgan fingerprint density at radius 3 is 2.69 bits per heavy atom. The summed E-state index contributed by atoms with van der Waals surface area (Å²) in [6.45, 7) is 0.680. The number of carbonyl (C=O) groups is 1. The number of benzene rings is 2. The number of aliphatic carboxylic acids is 1. The predicted octanol–water partition coefficient (Wildman–Crippen LogP) is 3.63. The second kappa shape index (κ2) is 7.73. The number of nitrogens with one attached hydrogen (secondary N) is 2. The van der Waals surface area contributed by atoms with Crippen LogP contribution in [0.1, 0.15) is 11.3 Å². The Morgan fingerprint density at radius 1 is 1.17 bits per heavy atom. The molecule has 0 amide bonds. The molecule has 0 aliphatic carbocycles. The molecular weight excluding hydrogens is 366 g/mol. The van der Waals surface area contributed by atoms with Crippen LogP contribution in [0.3, 0.4) is 0 Å². The van der Waals surface area contributed by atoms with Crippen molar-refractivity contribution in [2.75, 3.05) is 20.6 Å². The number of hydrogen-bond donors (Lipinski definition) is 3. The lowest BCUT2D eigenvalue weighted by Crippen LogP contribution is -2.59. The number of aromatic amines is 1. The minimum absolute atomic E-state index is 0.331. The van der Waals surface area contributed by atoms with E-state index in [-0.39, 0.29) is 0 Å². The average molecular weight is 391 g/mol. The molecule has 6 heteroatoms. The summed E-state index contributed by atoms with van der Waals surface area (Å²) < 4.78 is 5.88. The molecule has 0 bridgehead atoms. The van der Waals surface area contributed by atoms with Gasteiger partial charge >= 0.3 is 5.97 Å². The van der Waals surface area contributed by atoms with Gasteiger partial charge in [-0.3, -0.25) is 10.1 Å². The first-order chi connectivity index (χ1) is 14.0. The molecule has 4 aromatic rings. The summed E-state index contributed by atoms with van der Waals surface area (Å²) in [4.78, 5) is 17.6. The van der Waals surface area contributed by atoms with Crippen molar-refractivity contribution < 1.29 is 14.3 Å². The highest BCUT2D eigenvalue weighted by Crippen LogP contribution is 2.25. The van der Waals surface area contributed by atoms with Crippen molar-refractivity contribution in [3.05, 3.63) is 72.1 Å². The molecule has 0 radical (unpaired) electrons. The van der Waals surface area contributed by atoms with Crippen molar-refractivity contribution in [2.24, 2.45) is 0 Å². The Balaban J connectivity index is 1.65. The van der Waals surface area contributed by atoms with E-state index in [9.17, 15) is 9.90 Å². The first kappa shape index (κ1) is 19.2. The van der Waals surface area contributed by atoms with Gasteiger partial charge in [0.25, 0.3) is 0 Å². The van der Waals surface area contributed by atoms with E-state index in [1.807, 2.05) is 79.8 Å². The van der Waals surface area contributed by atoms with E-state index in [1.54, 1.807) is 0 Å². The minimum Gasteiger partial charge on any atom is -0.480 e. The van der Waals surface area contributed by atoms with Gasteiger partial charge < -0.3 is 19.4 Å².